The predicted octanol–water partition coefficient (Wildman–Crippen LogP) is 1.14. The van der Waals surface area contributed by atoms with Crippen LogP contribution in [-0.4, -0.2) is 36.1 Å². The molecule has 0 spiro atoms. The number of nitrogens with zero attached hydrogens (tertiary/aromatic N) is 3. The third-order valence-electron chi connectivity index (χ3n) is 3.27. The molecule has 1 atom stereocenters. The van der Waals surface area contributed by atoms with E-state index in [1.54, 1.807) is 6.20 Å². The van der Waals surface area contributed by atoms with Gasteiger partial charge in [0.1, 0.15) is 11.8 Å². The fourth-order valence-corrected chi connectivity index (χ4v) is 2.26. The third-order valence-corrected chi connectivity index (χ3v) is 3.27. The van der Waals surface area contributed by atoms with Crippen LogP contribution in [0.5, 0.6) is 0 Å². The van der Waals surface area contributed by atoms with Crippen molar-refractivity contribution in [3.63, 3.8) is 0 Å². The highest BCUT2D eigenvalue weighted by Crippen LogP contribution is 2.12. The maximum atomic E-state index is 8.81. The van der Waals surface area contributed by atoms with Crippen LogP contribution in [0.15, 0.2) is 18.3 Å². The molecule has 90 valence electrons. The molecule has 2 rings (SSSR count). The zero-order chi connectivity index (χ0) is 12.1. The van der Waals surface area contributed by atoms with Gasteiger partial charge in [-0.25, -0.2) is 4.98 Å². The molecule has 0 aliphatic carbocycles. The summed E-state index contributed by atoms with van der Waals surface area (Å²) in [5, 5.41) is 12.2. The Kier molecular flexibility index (Phi) is 4.08. The SMILES string of the molecule is CN(Cc1ccnc(C#N)c1)C1CCCNC1. The minimum atomic E-state index is 0.498. The number of nitriles is 1. The van der Waals surface area contributed by atoms with Crippen molar-refractivity contribution in [1.29, 1.82) is 5.26 Å². The average molecular weight is 230 g/mol. The molecule has 0 aromatic carbocycles. The first-order valence-electron chi connectivity index (χ1n) is 6.05. The summed E-state index contributed by atoms with van der Waals surface area (Å²) in [5.74, 6) is 0. The van der Waals surface area contributed by atoms with Gasteiger partial charge >= 0.3 is 0 Å². The lowest BCUT2D eigenvalue weighted by atomic mass is 10.1. The van der Waals surface area contributed by atoms with Crippen molar-refractivity contribution in [2.45, 2.75) is 25.4 Å². The molecule has 0 radical (unpaired) electrons. The molecule has 1 N–H and O–H groups in total. The van der Waals surface area contributed by atoms with Crippen molar-refractivity contribution >= 4 is 0 Å². The highest BCUT2D eigenvalue weighted by atomic mass is 15.2. The number of aromatic nitrogens is 1. The molecule has 0 saturated carbocycles. The molecule has 1 unspecified atom stereocenters. The van der Waals surface area contributed by atoms with E-state index in [4.69, 9.17) is 5.26 Å². The minimum Gasteiger partial charge on any atom is -0.315 e. The van der Waals surface area contributed by atoms with Gasteiger partial charge in [-0.3, -0.25) is 4.90 Å². The number of hydrogen-bond donors (Lipinski definition) is 1. The van der Waals surface area contributed by atoms with Crippen molar-refractivity contribution in [2.24, 2.45) is 0 Å². The summed E-state index contributed by atoms with van der Waals surface area (Å²) < 4.78 is 0. The second-order valence-electron chi connectivity index (χ2n) is 4.58. The van der Waals surface area contributed by atoms with E-state index in [1.807, 2.05) is 12.1 Å². The van der Waals surface area contributed by atoms with Crippen molar-refractivity contribution in [2.75, 3.05) is 20.1 Å². The maximum Gasteiger partial charge on any atom is 0.140 e. The maximum absolute atomic E-state index is 8.81. The Bertz CT molecular complexity index is 404. The van der Waals surface area contributed by atoms with Crippen LogP contribution in [0.25, 0.3) is 0 Å². The van der Waals surface area contributed by atoms with Crippen LogP contribution in [0.4, 0.5) is 0 Å². The smallest absolute Gasteiger partial charge is 0.140 e. The van der Waals surface area contributed by atoms with Gasteiger partial charge in [0, 0.05) is 25.3 Å². The van der Waals surface area contributed by atoms with Gasteiger partial charge in [-0.2, -0.15) is 5.26 Å². The third kappa shape index (κ3) is 3.26. The molecule has 0 amide bonds. The first kappa shape index (κ1) is 12.0. The van der Waals surface area contributed by atoms with E-state index in [0.717, 1.165) is 25.2 Å². The van der Waals surface area contributed by atoms with Crippen LogP contribution in [0.3, 0.4) is 0 Å². The van der Waals surface area contributed by atoms with Gasteiger partial charge in [-0.1, -0.05) is 0 Å². The number of hydrogen-bond acceptors (Lipinski definition) is 4. The first-order valence-corrected chi connectivity index (χ1v) is 6.05. The van der Waals surface area contributed by atoms with Gasteiger partial charge in [0.25, 0.3) is 0 Å². The van der Waals surface area contributed by atoms with Crippen LogP contribution in [-0.2, 0) is 6.54 Å². The Hall–Kier alpha value is -1.44. The molecule has 1 fully saturated rings. The molecule has 1 aromatic heterocycles. The van der Waals surface area contributed by atoms with E-state index in [1.165, 1.54) is 12.8 Å². The molecule has 4 heteroatoms. The zero-order valence-electron chi connectivity index (χ0n) is 10.2. The summed E-state index contributed by atoms with van der Waals surface area (Å²) in [4.78, 5) is 6.34. The fourth-order valence-electron chi connectivity index (χ4n) is 2.26. The molecular formula is C13H18N4. The quantitative estimate of drug-likeness (QED) is 0.846. The second-order valence-corrected chi connectivity index (χ2v) is 4.58. The Morgan fingerprint density at radius 1 is 1.65 bits per heavy atom. The number of rotatable bonds is 3. The van der Waals surface area contributed by atoms with Gasteiger partial charge in [-0.05, 0) is 44.1 Å². The van der Waals surface area contributed by atoms with Gasteiger partial charge in [0.05, 0.1) is 0 Å². The van der Waals surface area contributed by atoms with E-state index in [9.17, 15) is 0 Å². The van der Waals surface area contributed by atoms with Gasteiger partial charge < -0.3 is 5.32 Å². The normalized spacial score (nSPS) is 20.2. The van der Waals surface area contributed by atoms with E-state index >= 15 is 0 Å². The van der Waals surface area contributed by atoms with Crippen LogP contribution < -0.4 is 5.32 Å². The molecule has 1 aromatic rings. The molecule has 0 bridgehead atoms. The molecular weight excluding hydrogens is 212 g/mol. The summed E-state index contributed by atoms with van der Waals surface area (Å²) >= 11 is 0. The minimum absolute atomic E-state index is 0.498. The highest BCUT2D eigenvalue weighted by molar-refractivity contribution is 5.25. The molecule has 4 nitrogen and oxygen atoms in total. The average Bonchev–Trinajstić information content (AvgIpc) is 2.40. The fraction of sp³-hybridized carbons (Fsp3) is 0.538. The lowest BCUT2D eigenvalue weighted by Gasteiger charge is -2.31. The Morgan fingerprint density at radius 2 is 2.53 bits per heavy atom. The van der Waals surface area contributed by atoms with E-state index in [0.29, 0.717) is 11.7 Å². The van der Waals surface area contributed by atoms with Crippen molar-refractivity contribution < 1.29 is 0 Å². The summed E-state index contributed by atoms with van der Waals surface area (Å²) in [7, 11) is 2.14. The molecule has 1 aliphatic rings. The van der Waals surface area contributed by atoms with Crippen molar-refractivity contribution in [3.8, 4) is 6.07 Å². The van der Waals surface area contributed by atoms with E-state index in [2.05, 4.69) is 28.3 Å². The molecule has 2 heterocycles. The van der Waals surface area contributed by atoms with E-state index in [-0.39, 0.29) is 0 Å². The Morgan fingerprint density at radius 3 is 3.24 bits per heavy atom. The highest BCUT2D eigenvalue weighted by Gasteiger charge is 2.17. The summed E-state index contributed by atoms with van der Waals surface area (Å²) in [6.45, 7) is 3.08. The van der Waals surface area contributed by atoms with Gasteiger partial charge in [0.2, 0.25) is 0 Å². The van der Waals surface area contributed by atoms with Crippen molar-refractivity contribution in [1.82, 2.24) is 15.2 Å². The lowest BCUT2D eigenvalue weighted by molar-refractivity contribution is 0.196. The largest absolute Gasteiger partial charge is 0.315 e. The Balaban J connectivity index is 1.97. The monoisotopic (exact) mass is 230 g/mol. The Labute approximate surface area is 102 Å². The number of piperidine rings is 1. The lowest BCUT2D eigenvalue weighted by Crippen LogP contribution is -2.43. The van der Waals surface area contributed by atoms with Crippen LogP contribution in [0.1, 0.15) is 24.1 Å². The standard InChI is InChI=1S/C13H18N4/c1-17(13-3-2-5-15-9-13)10-11-4-6-16-12(7-11)8-14/h4,6-7,13,15H,2-3,5,9-10H2,1H3. The number of nitrogens with one attached hydrogen (secondary N) is 1. The topological polar surface area (TPSA) is 52.0 Å². The molecule has 1 aliphatic heterocycles. The first-order chi connectivity index (χ1) is 8.29. The summed E-state index contributed by atoms with van der Waals surface area (Å²) in [6, 6.07) is 6.53. The zero-order valence-corrected chi connectivity index (χ0v) is 10.2. The molecule has 17 heavy (non-hydrogen) atoms. The molecule has 1 saturated heterocycles. The van der Waals surface area contributed by atoms with Gasteiger partial charge in [0.15, 0.2) is 0 Å². The van der Waals surface area contributed by atoms with Crippen LogP contribution in [0, 0.1) is 11.3 Å². The summed E-state index contributed by atoms with van der Waals surface area (Å²) in [5.41, 5.74) is 1.65. The number of likely N-dealkylation sites (N-methyl/N-ethyl adjacent to an activating group) is 1. The van der Waals surface area contributed by atoms with Gasteiger partial charge in [-0.15, -0.1) is 0 Å². The van der Waals surface area contributed by atoms with Crippen molar-refractivity contribution in [3.05, 3.63) is 29.6 Å². The predicted molar refractivity (Wildman–Crippen MR) is 66.3 cm³/mol. The van der Waals surface area contributed by atoms with Crippen LogP contribution in [0.2, 0.25) is 0 Å². The van der Waals surface area contributed by atoms with Crippen LogP contribution >= 0.6 is 0 Å². The number of pyridine rings is 1. The van der Waals surface area contributed by atoms with E-state index < -0.39 is 0 Å². The second kappa shape index (κ2) is 5.76. The summed E-state index contributed by atoms with van der Waals surface area (Å²) in [6.07, 6.45) is 4.20.